The molecule has 0 aromatic heterocycles. The molecule has 0 amide bonds. The Hall–Kier alpha value is 0.130. The topological polar surface area (TPSA) is 0 Å². The van der Waals surface area contributed by atoms with Crippen molar-refractivity contribution < 1.29 is 0 Å². The van der Waals surface area contributed by atoms with E-state index in [-0.39, 0.29) is 5.41 Å². The summed E-state index contributed by atoms with van der Waals surface area (Å²) in [6, 6.07) is 0. The van der Waals surface area contributed by atoms with E-state index in [9.17, 15) is 0 Å². The monoisotopic (exact) mass is 232 g/mol. The van der Waals surface area contributed by atoms with Crippen LogP contribution in [0.1, 0.15) is 79.6 Å². The normalized spacial score (nSPS) is 16.1. The van der Waals surface area contributed by atoms with Gasteiger partial charge in [-0.25, -0.2) is 0 Å². The average molecular weight is 232 g/mol. The molecule has 0 aromatic rings. The van der Waals surface area contributed by atoms with Crippen LogP contribution >= 0.6 is 0 Å². The second-order valence-corrected chi connectivity index (χ2v) is 6.21. The molecule has 0 N–H and O–H groups in total. The number of rotatable bonds is 9. The fraction of sp³-hybridized carbons (Fsp3) is 1.00. The molecule has 1 atom stereocenters. The maximum atomic E-state index is 6.42. The molecule has 0 aliphatic heterocycles. The first-order valence-electron chi connectivity index (χ1n) is 7.39. The zero-order valence-electron chi connectivity index (χ0n) is 12.7. The first-order chi connectivity index (χ1) is 7.81. The van der Waals surface area contributed by atoms with Gasteiger partial charge in [0.25, 0.3) is 0 Å². The van der Waals surface area contributed by atoms with Gasteiger partial charge in [-0.05, 0) is 18.3 Å². The van der Waals surface area contributed by atoms with Crippen LogP contribution in [0.5, 0.6) is 0 Å². The van der Waals surface area contributed by atoms with Gasteiger partial charge in [0.15, 0.2) is 0 Å². The average Bonchev–Trinajstić information content (AvgIpc) is 2.24. The van der Waals surface area contributed by atoms with Crippen molar-refractivity contribution in [3.05, 3.63) is 0 Å². The molecule has 0 spiro atoms. The van der Waals surface area contributed by atoms with Crippen molar-refractivity contribution in [3.8, 4) is 0 Å². The predicted octanol–water partition coefficient (Wildman–Crippen LogP) is 4.87. The molecule has 0 bridgehead atoms. The van der Waals surface area contributed by atoms with Gasteiger partial charge in [-0.2, -0.15) is 0 Å². The van der Waals surface area contributed by atoms with Crippen molar-refractivity contribution in [1.82, 2.24) is 0 Å². The Morgan fingerprint density at radius 3 is 1.88 bits per heavy atom. The van der Waals surface area contributed by atoms with Crippen molar-refractivity contribution in [2.75, 3.05) is 0 Å². The standard InChI is InChI=1S/C15H30B2/c1-6-8-9-10-12-14(5,11-7-2)15(16,17)13(3)4/h13H,6-12H2,1-5H3. The van der Waals surface area contributed by atoms with E-state index in [0.29, 0.717) is 5.92 Å². The van der Waals surface area contributed by atoms with Gasteiger partial charge in [0.1, 0.15) is 0 Å². The Balaban J connectivity index is 4.55. The number of hydrogen-bond donors (Lipinski definition) is 0. The second-order valence-electron chi connectivity index (χ2n) is 6.21. The van der Waals surface area contributed by atoms with Crippen LogP contribution in [-0.4, -0.2) is 15.7 Å². The van der Waals surface area contributed by atoms with Gasteiger partial charge >= 0.3 is 0 Å². The van der Waals surface area contributed by atoms with E-state index in [1.54, 1.807) is 0 Å². The van der Waals surface area contributed by atoms with E-state index in [2.05, 4.69) is 34.6 Å². The lowest BCUT2D eigenvalue weighted by Gasteiger charge is -2.49. The highest BCUT2D eigenvalue weighted by atomic mass is 14.4. The van der Waals surface area contributed by atoms with Gasteiger partial charge in [0, 0.05) is 0 Å². The van der Waals surface area contributed by atoms with Crippen molar-refractivity contribution in [2.24, 2.45) is 11.3 Å². The molecule has 96 valence electrons. The summed E-state index contributed by atoms with van der Waals surface area (Å²) in [5.41, 5.74) is 0.0731. The van der Waals surface area contributed by atoms with Crippen LogP contribution in [-0.2, 0) is 0 Å². The second kappa shape index (κ2) is 7.54. The third kappa shape index (κ3) is 4.72. The summed E-state index contributed by atoms with van der Waals surface area (Å²) in [6.45, 7) is 11.0. The Bertz CT molecular complexity index is 199. The van der Waals surface area contributed by atoms with Crippen LogP contribution in [0, 0.1) is 11.3 Å². The van der Waals surface area contributed by atoms with Gasteiger partial charge in [0.2, 0.25) is 0 Å². The highest BCUT2D eigenvalue weighted by Gasteiger charge is 2.40. The highest BCUT2D eigenvalue weighted by Crippen LogP contribution is 2.52. The van der Waals surface area contributed by atoms with Crippen molar-refractivity contribution >= 4 is 15.7 Å². The summed E-state index contributed by atoms with van der Waals surface area (Å²) in [7, 11) is 12.8. The fourth-order valence-corrected chi connectivity index (χ4v) is 2.75. The summed E-state index contributed by atoms with van der Waals surface area (Å²) < 4.78 is 0. The fourth-order valence-electron chi connectivity index (χ4n) is 2.75. The number of hydrogen-bond acceptors (Lipinski definition) is 0. The summed E-state index contributed by atoms with van der Waals surface area (Å²) in [5, 5.41) is -0.546. The lowest BCUT2D eigenvalue weighted by atomic mass is 9.37. The van der Waals surface area contributed by atoms with Gasteiger partial charge in [-0.15, -0.1) is 0 Å². The first kappa shape index (κ1) is 17.1. The van der Waals surface area contributed by atoms with Crippen LogP contribution in [0.3, 0.4) is 0 Å². The van der Waals surface area contributed by atoms with Crippen molar-refractivity contribution in [2.45, 2.75) is 84.8 Å². The Kier molecular flexibility index (Phi) is 7.60. The molecular weight excluding hydrogens is 202 g/mol. The molecule has 4 radical (unpaired) electrons. The molecule has 0 saturated carbocycles. The first-order valence-corrected chi connectivity index (χ1v) is 7.39. The molecule has 0 aliphatic rings. The van der Waals surface area contributed by atoms with E-state index >= 15 is 0 Å². The lowest BCUT2D eigenvalue weighted by molar-refractivity contribution is 0.181. The van der Waals surface area contributed by atoms with Crippen molar-refractivity contribution in [3.63, 3.8) is 0 Å². The molecule has 0 aromatic carbocycles. The van der Waals surface area contributed by atoms with Crippen LogP contribution in [0.2, 0.25) is 5.21 Å². The summed E-state index contributed by atoms with van der Waals surface area (Å²) in [6.07, 6.45) is 8.62. The third-order valence-electron chi connectivity index (χ3n) is 4.38. The molecule has 0 saturated heterocycles. The largest absolute Gasteiger partial charge is 0.0916 e. The quantitative estimate of drug-likeness (QED) is 0.392. The smallest absolute Gasteiger partial charge is 0.0631 e. The molecular formula is C15H30B2. The van der Waals surface area contributed by atoms with E-state index < -0.39 is 5.21 Å². The molecule has 0 nitrogen and oxygen atoms in total. The van der Waals surface area contributed by atoms with Gasteiger partial charge in [-0.1, -0.05) is 77.9 Å². The minimum atomic E-state index is -0.546. The van der Waals surface area contributed by atoms with Gasteiger partial charge in [0.05, 0.1) is 15.7 Å². The van der Waals surface area contributed by atoms with E-state index in [4.69, 9.17) is 15.7 Å². The molecule has 17 heavy (non-hydrogen) atoms. The van der Waals surface area contributed by atoms with Gasteiger partial charge < -0.3 is 0 Å². The van der Waals surface area contributed by atoms with Crippen LogP contribution < -0.4 is 0 Å². The molecule has 0 fully saturated rings. The highest BCUT2D eigenvalue weighted by molar-refractivity contribution is 6.40. The zero-order chi connectivity index (χ0) is 13.5. The maximum Gasteiger partial charge on any atom is 0.0631 e. The van der Waals surface area contributed by atoms with Crippen LogP contribution in [0.25, 0.3) is 0 Å². The molecule has 0 rings (SSSR count). The van der Waals surface area contributed by atoms with Crippen molar-refractivity contribution in [1.29, 1.82) is 0 Å². The van der Waals surface area contributed by atoms with Crippen LogP contribution in [0.15, 0.2) is 0 Å². The molecule has 0 aliphatic carbocycles. The predicted molar refractivity (Wildman–Crippen MR) is 80.8 cm³/mol. The SMILES string of the molecule is [B]C([B])(C(C)C)C(C)(CCC)CCCCCC. The molecule has 1 unspecified atom stereocenters. The van der Waals surface area contributed by atoms with Crippen LogP contribution in [0.4, 0.5) is 0 Å². The lowest BCUT2D eigenvalue weighted by Crippen LogP contribution is -2.39. The maximum absolute atomic E-state index is 6.42. The zero-order valence-corrected chi connectivity index (χ0v) is 12.7. The van der Waals surface area contributed by atoms with Gasteiger partial charge in [-0.3, -0.25) is 0 Å². The summed E-state index contributed by atoms with van der Waals surface area (Å²) >= 11 is 0. The third-order valence-corrected chi connectivity index (χ3v) is 4.38. The number of unbranched alkanes of at least 4 members (excludes halogenated alkanes) is 3. The van der Waals surface area contributed by atoms with E-state index in [0.717, 1.165) is 19.3 Å². The molecule has 2 heteroatoms. The molecule has 0 heterocycles. The Labute approximate surface area is 112 Å². The van der Waals surface area contributed by atoms with E-state index in [1.807, 2.05) is 0 Å². The Morgan fingerprint density at radius 2 is 1.47 bits per heavy atom. The Morgan fingerprint density at radius 1 is 0.882 bits per heavy atom. The summed E-state index contributed by atoms with van der Waals surface area (Å²) in [5.74, 6) is 0.324. The minimum absolute atomic E-state index is 0.0731. The minimum Gasteiger partial charge on any atom is -0.0916 e. The summed E-state index contributed by atoms with van der Waals surface area (Å²) in [4.78, 5) is 0. The van der Waals surface area contributed by atoms with E-state index in [1.165, 1.54) is 25.7 Å².